The highest BCUT2D eigenvalue weighted by Crippen LogP contribution is 2.47. The Bertz CT molecular complexity index is 3980. The summed E-state index contributed by atoms with van der Waals surface area (Å²) < 4.78 is 6.77. The molecule has 10 aromatic carbocycles. The van der Waals surface area contributed by atoms with Crippen molar-refractivity contribution >= 4 is 43.6 Å². The van der Waals surface area contributed by atoms with E-state index in [0.29, 0.717) is 17.5 Å². The average molecular weight is 881 g/mol. The summed E-state index contributed by atoms with van der Waals surface area (Å²) >= 11 is 0. The minimum Gasteiger partial charge on any atom is -0.456 e. The Morgan fingerprint density at radius 3 is 1.35 bits per heavy atom. The third kappa shape index (κ3) is 7.30. The summed E-state index contributed by atoms with van der Waals surface area (Å²) in [7, 11) is 0. The van der Waals surface area contributed by atoms with Crippen LogP contribution in [0.15, 0.2) is 247 Å². The summed E-state index contributed by atoms with van der Waals surface area (Å²) in [5.41, 5.74) is 15.9. The van der Waals surface area contributed by atoms with E-state index in [1.54, 1.807) is 0 Å². The molecule has 0 atom stereocenters. The van der Waals surface area contributed by atoms with Gasteiger partial charge in [0.1, 0.15) is 11.2 Å². The monoisotopic (exact) mass is 880 g/mol. The van der Waals surface area contributed by atoms with Gasteiger partial charge < -0.3 is 4.42 Å². The second-order valence-corrected chi connectivity index (χ2v) is 17.4. The van der Waals surface area contributed by atoms with Crippen molar-refractivity contribution in [1.82, 2.24) is 19.9 Å². The van der Waals surface area contributed by atoms with Crippen LogP contribution in [0.2, 0.25) is 0 Å². The van der Waals surface area contributed by atoms with Gasteiger partial charge in [-0.15, -0.1) is 0 Å². The number of pyridine rings is 1. The molecule has 322 valence electrons. The van der Waals surface area contributed by atoms with E-state index >= 15 is 0 Å². The Morgan fingerprint density at radius 2 is 0.696 bits per heavy atom. The molecule has 0 fully saturated rings. The van der Waals surface area contributed by atoms with Gasteiger partial charge in [0, 0.05) is 54.7 Å². The first-order valence-electron chi connectivity index (χ1n) is 23.2. The standard InChI is InChI=1S/C64H40N4O/c1-5-18-41(19-6-1)44-32-34-45(35-33-44)61-54-40-57-60(53-29-14-16-31-56(53)69-57)58(59(54)52-28-13-15-30-55(52)65-61)47-26-17-27-48(36-47)63-66-62(46-24-11-4-12-25-46)67-64(68-63)51-38-49(42-20-7-2-8-21-42)37-50(39-51)43-22-9-3-10-23-43/h1-40H. The van der Waals surface area contributed by atoms with Crippen LogP contribution < -0.4 is 0 Å². The van der Waals surface area contributed by atoms with Crippen molar-refractivity contribution in [2.24, 2.45) is 0 Å². The molecule has 5 nitrogen and oxygen atoms in total. The van der Waals surface area contributed by atoms with Crippen molar-refractivity contribution in [3.63, 3.8) is 0 Å². The molecule has 5 heteroatoms. The van der Waals surface area contributed by atoms with Crippen LogP contribution in [-0.4, -0.2) is 19.9 Å². The molecule has 69 heavy (non-hydrogen) atoms. The lowest BCUT2D eigenvalue weighted by atomic mass is 9.89. The molecule has 0 saturated heterocycles. The maximum Gasteiger partial charge on any atom is 0.164 e. The molecule has 13 aromatic rings. The predicted molar refractivity (Wildman–Crippen MR) is 283 cm³/mol. The van der Waals surface area contributed by atoms with Crippen LogP contribution >= 0.6 is 0 Å². The fraction of sp³-hybridized carbons (Fsp3) is 0. The van der Waals surface area contributed by atoms with Crippen molar-refractivity contribution in [3.05, 3.63) is 243 Å². The Kier molecular flexibility index (Phi) is 9.76. The summed E-state index contributed by atoms with van der Waals surface area (Å²) in [5.74, 6) is 1.76. The minimum absolute atomic E-state index is 0.575. The topological polar surface area (TPSA) is 64.7 Å². The molecule has 0 amide bonds. The van der Waals surface area contributed by atoms with E-state index in [9.17, 15) is 0 Å². The summed E-state index contributed by atoms with van der Waals surface area (Å²) in [5, 5.41) is 5.27. The number of para-hydroxylation sites is 2. The molecule has 0 spiro atoms. The third-order valence-electron chi connectivity index (χ3n) is 13.1. The summed E-state index contributed by atoms with van der Waals surface area (Å²) in [4.78, 5) is 21.2. The molecule has 3 aromatic heterocycles. The van der Waals surface area contributed by atoms with Gasteiger partial charge in [0.25, 0.3) is 0 Å². The number of furan rings is 1. The van der Waals surface area contributed by atoms with Crippen LogP contribution in [0, 0.1) is 0 Å². The largest absolute Gasteiger partial charge is 0.456 e. The fourth-order valence-corrected chi connectivity index (χ4v) is 9.79. The van der Waals surface area contributed by atoms with E-state index < -0.39 is 0 Å². The van der Waals surface area contributed by atoms with Gasteiger partial charge in [0.15, 0.2) is 17.5 Å². The lowest BCUT2D eigenvalue weighted by Crippen LogP contribution is -2.01. The quantitative estimate of drug-likeness (QED) is 0.142. The molecule has 0 saturated carbocycles. The first-order chi connectivity index (χ1) is 34.2. The normalized spacial score (nSPS) is 11.5. The highest BCUT2D eigenvalue weighted by Gasteiger charge is 2.23. The molecule has 0 unspecified atom stereocenters. The Morgan fingerprint density at radius 1 is 0.246 bits per heavy atom. The van der Waals surface area contributed by atoms with Gasteiger partial charge in [-0.3, -0.25) is 0 Å². The maximum absolute atomic E-state index is 6.77. The van der Waals surface area contributed by atoms with Crippen LogP contribution in [0.3, 0.4) is 0 Å². The summed E-state index contributed by atoms with van der Waals surface area (Å²) in [6.45, 7) is 0. The van der Waals surface area contributed by atoms with Crippen LogP contribution in [-0.2, 0) is 0 Å². The zero-order valence-electron chi connectivity index (χ0n) is 37.3. The SMILES string of the molecule is c1ccc(-c2ccc(-c3nc4ccccc4c4c(-c5cccc(-c6nc(-c7ccccc7)nc(-c7cc(-c8ccccc8)cc(-c8ccccc8)c7)n6)c5)c5c(cc34)oc3ccccc35)cc2)cc1. The molecule has 3 heterocycles. The third-order valence-corrected chi connectivity index (χ3v) is 13.1. The highest BCUT2D eigenvalue weighted by atomic mass is 16.3. The molecular formula is C64H40N4O. The summed E-state index contributed by atoms with van der Waals surface area (Å²) in [6.07, 6.45) is 0. The molecule has 0 aliphatic carbocycles. The number of aromatic nitrogens is 4. The number of hydrogen-bond acceptors (Lipinski definition) is 5. The zero-order valence-corrected chi connectivity index (χ0v) is 37.3. The number of fused-ring (bicyclic) bond motifs is 6. The maximum atomic E-state index is 6.77. The molecular weight excluding hydrogens is 841 g/mol. The lowest BCUT2D eigenvalue weighted by Gasteiger charge is -2.16. The van der Waals surface area contributed by atoms with Crippen LogP contribution in [0.5, 0.6) is 0 Å². The van der Waals surface area contributed by atoms with E-state index in [2.05, 4.69) is 194 Å². The molecule has 13 rings (SSSR count). The van der Waals surface area contributed by atoms with Crippen molar-refractivity contribution in [2.45, 2.75) is 0 Å². The van der Waals surface area contributed by atoms with Gasteiger partial charge in [-0.25, -0.2) is 19.9 Å². The number of hydrogen-bond donors (Lipinski definition) is 0. The highest BCUT2D eigenvalue weighted by molar-refractivity contribution is 6.27. The first-order valence-corrected chi connectivity index (χ1v) is 23.2. The average Bonchev–Trinajstić information content (AvgIpc) is 3.81. The Hall–Kier alpha value is -9.32. The zero-order chi connectivity index (χ0) is 45.7. The lowest BCUT2D eigenvalue weighted by molar-refractivity contribution is 0.669. The van der Waals surface area contributed by atoms with E-state index in [-0.39, 0.29) is 0 Å². The van der Waals surface area contributed by atoms with E-state index in [1.165, 1.54) is 5.56 Å². The molecule has 0 radical (unpaired) electrons. The van der Waals surface area contributed by atoms with Crippen molar-refractivity contribution in [3.8, 4) is 89.9 Å². The smallest absolute Gasteiger partial charge is 0.164 e. The minimum atomic E-state index is 0.575. The van der Waals surface area contributed by atoms with Gasteiger partial charge in [0.2, 0.25) is 0 Å². The van der Waals surface area contributed by atoms with Gasteiger partial charge in [-0.05, 0) is 81.4 Å². The van der Waals surface area contributed by atoms with Gasteiger partial charge in [-0.2, -0.15) is 0 Å². The van der Waals surface area contributed by atoms with Crippen molar-refractivity contribution in [2.75, 3.05) is 0 Å². The second kappa shape index (κ2) is 16.8. The van der Waals surface area contributed by atoms with Crippen molar-refractivity contribution < 1.29 is 4.42 Å². The Balaban J connectivity index is 1.05. The van der Waals surface area contributed by atoms with Gasteiger partial charge >= 0.3 is 0 Å². The molecule has 0 aliphatic rings. The van der Waals surface area contributed by atoms with Crippen LogP contribution in [0.25, 0.3) is 134 Å². The fourth-order valence-electron chi connectivity index (χ4n) is 9.79. The predicted octanol–water partition coefficient (Wildman–Crippen LogP) is 16.8. The molecule has 0 aliphatic heterocycles. The van der Waals surface area contributed by atoms with Crippen molar-refractivity contribution in [1.29, 1.82) is 0 Å². The first kappa shape index (κ1) is 40.0. The van der Waals surface area contributed by atoms with E-state index in [4.69, 9.17) is 24.4 Å². The van der Waals surface area contributed by atoms with Crippen LogP contribution in [0.4, 0.5) is 0 Å². The molecule has 0 N–H and O–H groups in total. The van der Waals surface area contributed by atoms with E-state index in [0.717, 1.165) is 111 Å². The Labute approximate surface area is 398 Å². The molecule has 0 bridgehead atoms. The number of benzene rings is 10. The second-order valence-electron chi connectivity index (χ2n) is 17.4. The number of rotatable bonds is 8. The van der Waals surface area contributed by atoms with E-state index in [1.807, 2.05) is 48.5 Å². The summed E-state index contributed by atoms with van der Waals surface area (Å²) in [6, 6.07) is 84.6. The number of nitrogens with zero attached hydrogens (tertiary/aromatic N) is 4. The van der Waals surface area contributed by atoms with Crippen LogP contribution in [0.1, 0.15) is 0 Å². The van der Waals surface area contributed by atoms with Gasteiger partial charge in [0.05, 0.1) is 11.2 Å². The van der Waals surface area contributed by atoms with Gasteiger partial charge in [-0.1, -0.05) is 200 Å².